The monoisotopic (exact) mass is 369 g/mol. The second-order valence-corrected chi connectivity index (χ2v) is 6.56. The number of allylic oxidation sites excluding steroid dienone is 3. The van der Waals surface area contributed by atoms with Gasteiger partial charge in [0.25, 0.3) is 0 Å². The van der Waals surface area contributed by atoms with Crippen LogP contribution in [-0.4, -0.2) is 10.3 Å². The molecule has 7 nitrogen and oxygen atoms in total. The van der Waals surface area contributed by atoms with Gasteiger partial charge in [0, 0.05) is 6.20 Å². The molecule has 0 radical (unpaired) electrons. The highest BCUT2D eigenvalue weighted by molar-refractivity contribution is 7.53. The molecule has 0 fully saturated rings. The number of benzene rings is 2. The highest BCUT2D eigenvalue weighted by Gasteiger charge is 2.28. The van der Waals surface area contributed by atoms with Crippen molar-refractivity contribution in [3.63, 3.8) is 0 Å². The fraction of sp³-hybridized carbons (Fsp3) is 0. The Hall–Kier alpha value is -3.15. The molecule has 3 rings (SSSR count). The summed E-state index contributed by atoms with van der Waals surface area (Å²) in [6.07, 6.45) is 7.66. The molecule has 26 heavy (non-hydrogen) atoms. The van der Waals surface area contributed by atoms with Gasteiger partial charge in [-0.05, 0) is 36.4 Å². The summed E-state index contributed by atoms with van der Waals surface area (Å²) < 4.78 is 23.9. The average Bonchev–Trinajstić information content (AvgIpc) is 2.65. The standard InChI is InChI=1S/C18H16N3O4P/c22-21-14-8-7-9-16(21)15-19-20-26(23,24-17-10-3-1-4-11-17)25-18-12-5-2-6-13-18/h1-15,22H. The second kappa shape index (κ2) is 8.29. The lowest BCUT2D eigenvalue weighted by atomic mass is 10.3. The third-order valence-corrected chi connectivity index (χ3v) is 4.35. The van der Waals surface area contributed by atoms with Crippen LogP contribution in [0, 0.1) is 0 Å². The van der Waals surface area contributed by atoms with Crippen LogP contribution in [0.4, 0.5) is 0 Å². The molecule has 0 bridgehead atoms. The van der Waals surface area contributed by atoms with Crippen LogP contribution in [0.1, 0.15) is 0 Å². The van der Waals surface area contributed by atoms with Gasteiger partial charge in [-0.3, -0.25) is 5.21 Å². The number of nitrogens with zero attached hydrogens (tertiary/aromatic N) is 3. The van der Waals surface area contributed by atoms with Crippen LogP contribution in [0.15, 0.2) is 107 Å². The zero-order valence-corrected chi connectivity index (χ0v) is 14.5. The number of hydrogen-bond acceptors (Lipinski definition) is 6. The van der Waals surface area contributed by atoms with E-state index in [9.17, 15) is 9.77 Å². The van der Waals surface area contributed by atoms with Crippen LogP contribution >= 0.6 is 7.75 Å². The lowest BCUT2D eigenvalue weighted by Gasteiger charge is -2.15. The van der Waals surface area contributed by atoms with Gasteiger partial charge in [-0.2, -0.15) is 0 Å². The third-order valence-electron chi connectivity index (χ3n) is 3.15. The molecule has 0 spiro atoms. The third kappa shape index (κ3) is 4.92. The van der Waals surface area contributed by atoms with Crippen molar-refractivity contribution in [1.82, 2.24) is 5.06 Å². The Morgan fingerprint density at radius 2 is 1.50 bits per heavy atom. The quantitative estimate of drug-likeness (QED) is 0.550. The Bertz CT molecular complexity index is 850. The minimum atomic E-state index is -3.98. The molecule has 1 aliphatic rings. The van der Waals surface area contributed by atoms with Crippen molar-refractivity contribution in [1.29, 1.82) is 0 Å². The van der Waals surface area contributed by atoms with Crippen LogP contribution in [-0.2, 0) is 4.57 Å². The number of hydroxylamine groups is 2. The van der Waals surface area contributed by atoms with E-state index in [0.717, 1.165) is 5.06 Å². The summed E-state index contributed by atoms with van der Waals surface area (Å²) in [6, 6.07) is 17.1. The van der Waals surface area contributed by atoms with Gasteiger partial charge in [-0.15, -0.1) is 5.11 Å². The molecule has 132 valence electrons. The Morgan fingerprint density at radius 3 is 2.04 bits per heavy atom. The first kappa shape index (κ1) is 17.7. The second-order valence-electron chi connectivity index (χ2n) is 5.08. The van der Waals surface area contributed by atoms with E-state index in [1.165, 1.54) is 12.4 Å². The maximum absolute atomic E-state index is 13.0. The first-order chi connectivity index (χ1) is 12.6. The number of para-hydroxylation sites is 2. The van der Waals surface area contributed by atoms with Crippen LogP contribution in [0.3, 0.4) is 0 Å². The predicted octanol–water partition coefficient (Wildman–Crippen LogP) is 5.32. The molecule has 0 saturated heterocycles. The smallest absolute Gasteiger partial charge is 0.398 e. The van der Waals surface area contributed by atoms with Gasteiger partial charge in [-0.25, -0.2) is 9.63 Å². The first-order valence-electron chi connectivity index (χ1n) is 7.69. The van der Waals surface area contributed by atoms with E-state index in [-0.39, 0.29) is 0 Å². The van der Waals surface area contributed by atoms with E-state index in [4.69, 9.17) is 9.05 Å². The fourth-order valence-electron chi connectivity index (χ4n) is 1.98. The van der Waals surface area contributed by atoms with Crippen molar-refractivity contribution in [2.24, 2.45) is 10.00 Å². The molecule has 0 saturated carbocycles. The van der Waals surface area contributed by atoms with Crippen LogP contribution < -0.4 is 9.05 Å². The van der Waals surface area contributed by atoms with E-state index in [2.05, 4.69) is 10.00 Å². The maximum atomic E-state index is 13.0. The SMILES string of the molecule is O=P(N=NC=C1C=CC=CN1O)(Oc1ccccc1)Oc1ccccc1. The van der Waals surface area contributed by atoms with Crippen LogP contribution in [0.2, 0.25) is 0 Å². The fourth-order valence-corrected chi connectivity index (χ4v) is 3.05. The Labute approximate surface area is 150 Å². The minimum Gasteiger partial charge on any atom is -0.398 e. The Morgan fingerprint density at radius 1 is 0.923 bits per heavy atom. The molecule has 1 aliphatic heterocycles. The van der Waals surface area contributed by atoms with E-state index in [1.807, 2.05) is 0 Å². The maximum Gasteiger partial charge on any atom is 0.581 e. The van der Waals surface area contributed by atoms with E-state index >= 15 is 0 Å². The van der Waals surface area contributed by atoms with Gasteiger partial charge in [0.05, 0.1) is 11.9 Å². The van der Waals surface area contributed by atoms with Gasteiger partial charge in [0.15, 0.2) is 0 Å². The van der Waals surface area contributed by atoms with Crippen molar-refractivity contribution >= 4 is 7.75 Å². The highest BCUT2D eigenvalue weighted by atomic mass is 31.2. The summed E-state index contributed by atoms with van der Waals surface area (Å²) in [4.78, 5) is 3.74. The van der Waals surface area contributed by atoms with Crippen molar-refractivity contribution in [3.05, 3.63) is 97.0 Å². The van der Waals surface area contributed by atoms with Crippen LogP contribution in [0.25, 0.3) is 0 Å². The van der Waals surface area contributed by atoms with Gasteiger partial charge in [0.1, 0.15) is 11.5 Å². The summed E-state index contributed by atoms with van der Waals surface area (Å²) in [5.41, 5.74) is 0.349. The first-order valence-corrected chi connectivity index (χ1v) is 9.19. The van der Waals surface area contributed by atoms with Gasteiger partial charge < -0.3 is 9.05 Å². The van der Waals surface area contributed by atoms with E-state index in [1.54, 1.807) is 78.9 Å². The summed E-state index contributed by atoms with van der Waals surface area (Å²) in [5, 5.41) is 14.3. The molecule has 0 atom stereocenters. The average molecular weight is 369 g/mol. The van der Waals surface area contributed by atoms with Gasteiger partial charge in [-0.1, -0.05) is 47.4 Å². The highest BCUT2D eigenvalue weighted by Crippen LogP contribution is 2.50. The molecular formula is C18H16N3O4P. The molecular weight excluding hydrogens is 353 g/mol. The zero-order chi connectivity index (χ0) is 18.2. The summed E-state index contributed by atoms with van der Waals surface area (Å²) in [7, 11) is -3.98. The Kier molecular flexibility index (Phi) is 5.63. The lowest BCUT2D eigenvalue weighted by molar-refractivity contribution is -0.000518. The topological polar surface area (TPSA) is 83.7 Å². The molecule has 0 aliphatic carbocycles. The zero-order valence-electron chi connectivity index (χ0n) is 13.6. The van der Waals surface area contributed by atoms with Gasteiger partial charge >= 0.3 is 7.75 Å². The van der Waals surface area contributed by atoms with Crippen molar-refractivity contribution in [2.45, 2.75) is 0 Å². The Balaban J connectivity index is 1.83. The van der Waals surface area contributed by atoms with Crippen molar-refractivity contribution < 1.29 is 18.8 Å². The minimum absolute atomic E-state index is 0.336. The molecule has 0 aromatic heterocycles. The van der Waals surface area contributed by atoms with E-state index in [0.29, 0.717) is 17.2 Å². The molecule has 1 N–H and O–H groups in total. The molecule has 2 aromatic rings. The largest absolute Gasteiger partial charge is 0.581 e. The summed E-state index contributed by atoms with van der Waals surface area (Å²) in [5.74, 6) is 0.672. The van der Waals surface area contributed by atoms with Crippen molar-refractivity contribution in [2.75, 3.05) is 0 Å². The predicted molar refractivity (Wildman–Crippen MR) is 96.6 cm³/mol. The van der Waals surface area contributed by atoms with Gasteiger partial charge in [0.2, 0.25) is 0 Å². The van der Waals surface area contributed by atoms with E-state index < -0.39 is 7.75 Å². The molecule has 0 amide bonds. The van der Waals surface area contributed by atoms with Crippen LogP contribution in [0.5, 0.6) is 11.5 Å². The number of hydrogen-bond donors (Lipinski definition) is 1. The number of rotatable bonds is 6. The normalized spacial score (nSPS) is 15.6. The lowest BCUT2D eigenvalue weighted by Crippen LogP contribution is -2.10. The molecule has 2 aromatic carbocycles. The molecule has 1 heterocycles. The summed E-state index contributed by atoms with van der Waals surface area (Å²) in [6.45, 7) is 0. The summed E-state index contributed by atoms with van der Waals surface area (Å²) >= 11 is 0. The molecule has 0 unspecified atom stereocenters. The van der Waals surface area contributed by atoms with Crippen molar-refractivity contribution in [3.8, 4) is 11.5 Å². The molecule has 8 heteroatoms.